The van der Waals surface area contributed by atoms with Gasteiger partial charge in [0.2, 0.25) is 0 Å². The first-order chi connectivity index (χ1) is 24.9. The summed E-state index contributed by atoms with van der Waals surface area (Å²) in [6.07, 6.45) is 1.66. The molecular weight excluding hydrogens is 684 g/mol. The van der Waals surface area contributed by atoms with Gasteiger partial charge in [0.15, 0.2) is 6.29 Å². The van der Waals surface area contributed by atoms with Crippen LogP contribution in [0.4, 0.5) is 0 Å². The second kappa shape index (κ2) is 13.3. The van der Waals surface area contributed by atoms with Gasteiger partial charge in [-0.25, -0.2) is 4.98 Å². The van der Waals surface area contributed by atoms with Crippen LogP contribution in [0.15, 0.2) is 24.2 Å². The normalized spacial score (nSPS) is 51.6. The highest BCUT2D eigenvalue weighted by molar-refractivity contribution is 5.77. The van der Waals surface area contributed by atoms with E-state index < -0.39 is 82.6 Å². The topological polar surface area (TPSA) is 226 Å². The quantitative estimate of drug-likeness (QED) is 0.138. The third-order valence-corrected chi connectivity index (χ3v) is 16.8. The maximum absolute atomic E-state index is 13.5. The summed E-state index contributed by atoms with van der Waals surface area (Å²) in [6, 6.07) is 0. The standard InChI is InChI=1S/C40H62N2O11/c1-35(19-44)10-11-40(34(50)51)13-21(12-22-16-41-20-42-22)39(5)23(24(40)14-35)6-7-27-36(2)15-25(45)32(53-33-31(49)30(48)26(46)18-52-33)38(4,29(47)17-43)28(36)8-9-37(27,39)3/h6,16,20-21,24-33,43-49H,7-15,17-19H2,1-5H3,(H,41,42)(H,50,51). The van der Waals surface area contributed by atoms with Crippen molar-refractivity contribution in [2.45, 2.75) is 135 Å². The fraction of sp³-hybridized carbons (Fsp3) is 0.850. The van der Waals surface area contributed by atoms with Gasteiger partial charge in [0.25, 0.3) is 0 Å². The molecule has 53 heavy (non-hydrogen) atoms. The predicted molar refractivity (Wildman–Crippen MR) is 191 cm³/mol. The van der Waals surface area contributed by atoms with Gasteiger partial charge in [-0.05, 0) is 103 Å². The smallest absolute Gasteiger partial charge is 0.310 e. The fourth-order valence-electron chi connectivity index (χ4n) is 13.6. The van der Waals surface area contributed by atoms with Gasteiger partial charge in [-0.3, -0.25) is 4.79 Å². The fourth-order valence-corrected chi connectivity index (χ4v) is 13.6. The summed E-state index contributed by atoms with van der Waals surface area (Å²) in [5.74, 6) is -1.33. The van der Waals surface area contributed by atoms with Crippen LogP contribution in [0.5, 0.6) is 0 Å². The van der Waals surface area contributed by atoms with Gasteiger partial charge in [0, 0.05) is 23.9 Å². The Labute approximate surface area is 311 Å². The molecule has 0 amide bonds. The van der Waals surface area contributed by atoms with Crippen molar-refractivity contribution in [1.82, 2.24) is 9.97 Å². The summed E-state index contributed by atoms with van der Waals surface area (Å²) in [4.78, 5) is 21.1. The van der Waals surface area contributed by atoms with Gasteiger partial charge in [-0.15, -0.1) is 0 Å². The first kappa shape index (κ1) is 39.3. The minimum absolute atomic E-state index is 0.00420. The monoisotopic (exact) mass is 746 g/mol. The molecule has 7 rings (SSSR count). The molecule has 17 atom stereocenters. The Kier molecular flexibility index (Phi) is 9.89. The molecule has 0 aromatic carbocycles. The highest BCUT2D eigenvalue weighted by Gasteiger charge is 2.73. The molecule has 298 valence electrons. The van der Waals surface area contributed by atoms with Crippen molar-refractivity contribution >= 4 is 5.97 Å². The van der Waals surface area contributed by atoms with Crippen LogP contribution in [0.25, 0.3) is 0 Å². The molecule has 0 radical (unpaired) electrons. The largest absolute Gasteiger partial charge is 0.481 e. The van der Waals surface area contributed by atoms with E-state index in [1.165, 1.54) is 5.57 Å². The van der Waals surface area contributed by atoms with Gasteiger partial charge in [0.1, 0.15) is 18.3 Å². The Balaban J connectivity index is 1.32. The van der Waals surface area contributed by atoms with E-state index in [2.05, 4.69) is 43.7 Å². The van der Waals surface area contributed by atoms with E-state index >= 15 is 0 Å². The molecule has 9 N–H and O–H groups in total. The summed E-state index contributed by atoms with van der Waals surface area (Å²) in [7, 11) is 0. The van der Waals surface area contributed by atoms with Gasteiger partial charge in [-0.2, -0.15) is 0 Å². The number of rotatable bonds is 8. The Hall–Kier alpha value is -1.94. The first-order valence-electron chi connectivity index (χ1n) is 19.7. The molecule has 1 aromatic rings. The SMILES string of the molecule is CC1(CO)CCC2(C(=O)O)CC(Cc3cnc[nH]3)C3(C)C(=CCC4C5(C)CC(O)C(OC6OCC(O)C(O)C6O)C(C)(C(O)CO)C5CCC43C)C2C1. The molecule has 5 fully saturated rings. The summed E-state index contributed by atoms with van der Waals surface area (Å²) in [6.45, 7) is 9.91. The number of aromatic amines is 1. The van der Waals surface area contributed by atoms with E-state index in [1.807, 2.05) is 13.1 Å². The molecule has 4 saturated carbocycles. The Bertz CT molecular complexity index is 1560. The van der Waals surface area contributed by atoms with Crippen LogP contribution in [0.2, 0.25) is 0 Å². The Morgan fingerprint density at radius 1 is 1.00 bits per heavy atom. The maximum Gasteiger partial charge on any atom is 0.310 e. The number of aliphatic hydroxyl groups excluding tert-OH is 7. The molecule has 17 unspecified atom stereocenters. The molecule has 13 heteroatoms. The molecule has 13 nitrogen and oxygen atoms in total. The number of H-pyrrole nitrogens is 1. The molecule has 2 heterocycles. The van der Waals surface area contributed by atoms with Gasteiger partial charge >= 0.3 is 5.97 Å². The predicted octanol–water partition coefficient (Wildman–Crippen LogP) is 2.17. The van der Waals surface area contributed by atoms with E-state index in [0.717, 1.165) is 12.1 Å². The number of hydrogen-bond donors (Lipinski definition) is 9. The molecule has 6 aliphatic rings. The van der Waals surface area contributed by atoms with Crippen LogP contribution in [-0.4, -0.2) is 120 Å². The number of aliphatic hydroxyl groups is 7. The number of fused-ring (bicyclic) bond motifs is 7. The van der Waals surface area contributed by atoms with Gasteiger partial charge in [0.05, 0.1) is 43.3 Å². The molecular formula is C40H62N2O11. The van der Waals surface area contributed by atoms with Crippen LogP contribution >= 0.6 is 0 Å². The van der Waals surface area contributed by atoms with Gasteiger partial charge < -0.3 is 55.3 Å². The summed E-state index contributed by atoms with van der Waals surface area (Å²) >= 11 is 0. The van der Waals surface area contributed by atoms with Crippen molar-refractivity contribution in [2.75, 3.05) is 19.8 Å². The molecule has 1 aliphatic heterocycles. The summed E-state index contributed by atoms with van der Waals surface area (Å²) in [5, 5.41) is 87.2. The first-order valence-corrected chi connectivity index (χ1v) is 19.7. The van der Waals surface area contributed by atoms with Crippen molar-refractivity contribution < 1.29 is 55.1 Å². The van der Waals surface area contributed by atoms with E-state index in [1.54, 1.807) is 6.33 Å². The lowest BCUT2D eigenvalue weighted by atomic mass is 9.31. The van der Waals surface area contributed by atoms with Gasteiger partial charge in [-0.1, -0.05) is 46.3 Å². The zero-order chi connectivity index (χ0) is 38.5. The van der Waals surface area contributed by atoms with E-state index in [4.69, 9.17) is 9.47 Å². The third kappa shape index (κ3) is 5.49. The number of aliphatic carboxylic acids is 1. The van der Waals surface area contributed by atoms with Crippen LogP contribution < -0.4 is 0 Å². The number of imidazole rings is 1. The number of allylic oxidation sites excluding steroid dienone is 2. The number of carbonyl (C=O) groups is 1. The third-order valence-electron chi connectivity index (χ3n) is 16.8. The van der Waals surface area contributed by atoms with Crippen molar-refractivity contribution in [3.8, 4) is 0 Å². The zero-order valence-electron chi connectivity index (χ0n) is 31.8. The number of nitrogens with zero attached hydrogens (tertiary/aromatic N) is 1. The molecule has 1 aromatic heterocycles. The average Bonchev–Trinajstić information content (AvgIpc) is 3.63. The second-order valence-electron chi connectivity index (χ2n) is 19.2. The number of hydrogen-bond acceptors (Lipinski definition) is 11. The number of carboxylic acid groups (broad SMARTS) is 1. The van der Waals surface area contributed by atoms with Crippen molar-refractivity contribution in [3.05, 3.63) is 29.9 Å². The van der Waals surface area contributed by atoms with Crippen molar-refractivity contribution in [1.29, 1.82) is 0 Å². The van der Waals surface area contributed by atoms with E-state index in [9.17, 15) is 45.6 Å². The lowest BCUT2D eigenvalue weighted by Crippen LogP contribution is -2.71. The highest BCUT2D eigenvalue weighted by Crippen LogP contribution is 2.77. The number of nitrogens with one attached hydrogen (secondary N) is 1. The summed E-state index contributed by atoms with van der Waals surface area (Å²) < 4.78 is 11.9. The number of aromatic nitrogens is 2. The average molecular weight is 747 g/mol. The number of ether oxygens (including phenoxy) is 2. The van der Waals surface area contributed by atoms with Crippen LogP contribution in [0, 0.1) is 56.2 Å². The van der Waals surface area contributed by atoms with E-state index in [0.29, 0.717) is 51.4 Å². The molecule has 0 spiro atoms. The lowest BCUT2D eigenvalue weighted by Gasteiger charge is -2.73. The second-order valence-corrected chi connectivity index (χ2v) is 19.2. The highest BCUT2D eigenvalue weighted by atomic mass is 16.7. The molecule has 1 saturated heterocycles. The zero-order valence-corrected chi connectivity index (χ0v) is 31.8. The van der Waals surface area contributed by atoms with Crippen molar-refractivity contribution in [3.63, 3.8) is 0 Å². The van der Waals surface area contributed by atoms with Crippen LogP contribution in [-0.2, 0) is 20.7 Å². The molecule has 0 bridgehead atoms. The molecule has 5 aliphatic carbocycles. The van der Waals surface area contributed by atoms with Crippen LogP contribution in [0.3, 0.4) is 0 Å². The van der Waals surface area contributed by atoms with Crippen molar-refractivity contribution in [2.24, 2.45) is 56.2 Å². The minimum atomic E-state index is -1.59. The Morgan fingerprint density at radius 2 is 1.74 bits per heavy atom. The lowest BCUT2D eigenvalue weighted by molar-refractivity contribution is -0.336. The van der Waals surface area contributed by atoms with E-state index in [-0.39, 0.29) is 42.3 Å². The number of carboxylic acids is 1. The maximum atomic E-state index is 13.5. The summed E-state index contributed by atoms with van der Waals surface area (Å²) in [5.41, 5.74) is -1.83. The Morgan fingerprint density at radius 3 is 2.38 bits per heavy atom. The minimum Gasteiger partial charge on any atom is -0.481 e. The van der Waals surface area contributed by atoms with Crippen LogP contribution in [0.1, 0.15) is 91.7 Å².